The maximum atomic E-state index is 12.6. The van der Waals surface area contributed by atoms with E-state index in [0.717, 1.165) is 29.1 Å². The molecule has 0 fully saturated rings. The summed E-state index contributed by atoms with van der Waals surface area (Å²) in [5, 5.41) is 6.43. The van der Waals surface area contributed by atoms with E-state index < -0.39 is 0 Å². The Hall–Kier alpha value is -1.98. The Morgan fingerprint density at radius 3 is 2.88 bits per heavy atom. The van der Waals surface area contributed by atoms with E-state index in [4.69, 9.17) is 4.74 Å². The molecule has 4 nitrogen and oxygen atoms in total. The van der Waals surface area contributed by atoms with Crippen molar-refractivity contribution >= 4 is 23.4 Å². The summed E-state index contributed by atoms with van der Waals surface area (Å²) >= 11 is 1.76. The van der Waals surface area contributed by atoms with Crippen LogP contribution in [0.1, 0.15) is 17.0 Å². The van der Waals surface area contributed by atoms with Gasteiger partial charge in [0.1, 0.15) is 0 Å². The summed E-state index contributed by atoms with van der Waals surface area (Å²) in [6.45, 7) is 1.92. The Balaban J connectivity index is 1.61. The monoisotopic (exact) mass is 342 g/mol. The van der Waals surface area contributed by atoms with Gasteiger partial charge in [0.05, 0.1) is 12.5 Å². The molecule has 3 rings (SSSR count). The summed E-state index contributed by atoms with van der Waals surface area (Å²) < 4.78 is 5.07. The smallest absolute Gasteiger partial charge is 0.228 e. The number of carbonyl (C=O) groups excluding carboxylic acids is 1. The van der Waals surface area contributed by atoms with Gasteiger partial charge in [0.15, 0.2) is 0 Å². The van der Waals surface area contributed by atoms with Crippen molar-refractivity contribution in [3.63, 3.8) is 0 Å². The normalized spacial score (nSPS) is 15.8. The topological polar surface area (TPSA) is 50.4 Å². The molecule has 0 saturated heterocycles. The van der Waals surface area contributed by atoms with Gasteiger partial charge in [-0.1, -0.05) is 36.4 Å². The summed E-state index contributed by atoms with van der Waals surface area (Å²) in [5.74, 6) is 0.859. The van der Waals surface area contributed by atoms with Gasteiger partial charge in [-0.2, -0.15) is 0 Å². The zero-order valence-corrected chi connectivity index (χ0v) is 14.6. The summed E-state index contributed by atoms with van der Waals surface area (Å²) in [6, 6.07) is 16.2. The number of para-hydroxylation sites is 1. The van der Waals surface area contributed by atoms with Crippen LogP contribution in [0.3, 0.4) is 0 Å². The fraction of sp³-hybridized carbons (Fsp3) is 0.316. The molecule has 0 unspecified atom stereocenters. The number of ether oxygens (including phenoxy) is 1. The quantitative estimate of drug-likeness (QED) is 0.759. The van der Waals surface area contributed by atoms with E-state index in [2.05, 4.69) is 22.8 Å². The molecule has 0 bridgehead atoms. The van der Waals surface area contributed by atoms with Gasteiger partial charge in [-0.3, -0.25) is 4.79 Å². The van der Waals surface area contributed by atoms with E-state index in [9.17, 15) is 4.79 Å². The molecule has 2 aromatic carbocycles. The number of nitrogens with one attached hydrogen (secondary N) is 2. The molecule has 2 aromatic rings. The Morgan fingerprint density at radius 1 is 1.21 bits per heavy atom. The predicted octanol–water partition coefficient (Wildman–Crippen LogP) is 3.25. The number of fused-ring (bicyclic) bond motifs is 1. The third-order valence-corrected chi connectivity index (χ3v) is 5.29. The van der Waals surface area contributed by atoms with Crippen molar-refractivity contribution in [1.29, 1.82) is 0 Å². The highest BCUT2D eigenvalue weighted by molar-refractivity contribution is 7.99. The first-order valence-electron chi connectivity index (χ1n) is 8.09. The lowest BCUT2D eigenvalue weighted by Gasteiger charge is -2.15. The number of carbonyl (C=O) groups is 1. The van der Waals surface area contributed by atoms with E-state index in [-0.39, 0.29) is 11.8 Å². The predicted molar refractivity (Wildman–Crippen MR) is 98.6 cm³/mol. The zero-order chi connectivity index (χ0) is 16.8. The highest BCUT2D eigenvalue weighted by atomic mass is 32.2. The number of thioether (sulfide) groups is 1. The second kappa shape index (κ2) is 8.22. The molecule has 0 aromatic heterocycles. The van der Waals surface area contributed by atoms with Gasteiger partial charge in [-0.05, 0) is 23.3 Å². The molecule has 1 aliphatic heterocycles. The molecule has 0 spiro atoms. The van der Waals surface area contributed by atoms with Crippen LogP contribution in [0.2, 0.25) is 0 Å². The van der Waals surface area contributed by atoms with Crippen molar-refractivity contribution < 1.29 is 9.53 Å². The third kappa shape index (κ3) is 3.91. The minimum absolute atomic E-state index is 0.0557. The summed E-state index contributed by atoms with van der Waals surface area (Å²) in [4.78, 5) is 13.8. The molecule has 2 N–H and O–H groups in total. The fourth-order valence-corrected chi connectivity index (χ4v) is 4.05. The molecule has 0 aliphatic carbocycles. The molecular formula is C19H22N2O2S. The number of hydrogen-bond donors (Lipinski definition) is 2. The van der Waals surface area contributed by atoms with Crippen molar-refractivity contribution in [3.05, 3.63) is 59.7 Å². The lowest BCUT2D eigenvalue weighted by Crippen LogP contribution is -2.29. The Kier molecular flexibility index (Phi) is 5.77. The van der Waals surface area contributed by atoms with Crippen LogP contribution in [-0.2, 0) is 16.1 Å². The van der Waals surface area contributed by atoms with Crippen LogP contribution in [0.4, 0.5) is 5.69 Å². The van der Waals surface area contributed by atoms with Gasteiger partial charge in [0.25, 0.3) is 0 Å². The van der Waals surface area contributed by atoms with Crippen LogP contribution in [-0.4, -0.2) is 31.9 Å². The second-order valence-electron chi connectivity index (χ2n) is 5.70. The SMILES string of the molecule is COCCNc1ccccc1CNC(=O)[C@H]1CSc2ccccc21. The number of amides is 1. The molecule has 1 heterocycles. The van der Waals surface area contributed by atoms with E-state index >= 15 is 0 Å². The molecule has 0 radical (unpaired) electrons. The molecule has 5 heteroatoms. The fourth-order valence-electron chi connectivity index (χ4n) is 2.82. The summed E-state index contributed by atoms with van der Waals surface area (Å²) in [6.07, 6.45) is 0. The van der Waals surface area contributed by atoms with Gasteiger partial charge in [-0.15, -0.1) is 11.8 Å². The Bertz CT molecular complexity index is 705. The average Bonchev–Trinajstić information content (AvgIpc) is 3.05. The molecular weight excluding hydrogens is 320 g/mol. The maximum absolute atomic E-state index is 12.6. The molecule has 24 heavy (non-hydrogen) atoms. The standard InChI is InChI=1S/C19H22N2O2S/c1-23-11-10-20-17-8-4-2-6-14(17)12-21-19(22)16-13-24-18-9-5-3-7-15(16)18/h2-9,16,20H,10-13H2,1H3,(H,21,22)/t16-/m0/s1. The first-order chi connectivity index (χ1) is 11.8. The van der Waals surface area contributed by atoms with Crippen LogP contribution in [0.15, 0.2) is 53.4 Å². The van der Waals surface area contributed by atoms with E-state index in [1.54, 1.807) is 18.9 Å². The van der Waals surface area contributed by atoms with Gasteiger partial charge in [-0.25, -0.2) is 0 Å². The minimum atomic E-state index is -0.0557. The van der Waals surface area contributed by atoms with Gasteiger partial charge in [0.2, 0.25) is 5.91 Å². The highest BCUT2D eigenvalue weighted by Gasteiger charge is 2.28. The van der Waals surface area contributed by atoms with Gasteiger partial charge < -0.3 is 15.4 Å². The summed E-state index contributed by atoms with van der Waals surface area (Å²) in [7, 11) is 1.69. The largest absolute Gasteiger partial charge is 0.383 e. The minimum Gasteiger partial charge on any atom is -0.383 e. The molecule has 1 aliphatic rings. The Labute approximate surface area is 147 Å². The zero-order valence-electron chi connectivity index (χ0n) is 13.7. The van der Waals surface area contributed by atoms with Crippen molar-refractivity contribution in [2.45, 2.75) is 17.4 Å². The van der Waals surface area contributed by atoms with Crippen molar-refractivity contribution in [2.75, 3.05) is 31.3 Å². The number of rotatable bonds is 7. The van der Waals surface area contributed by atoms with E-state index in [1.165, 1.54) is 4.90 Å². The first kappa shape index (κ1) is 16.9. The van der Waals surface area contributed by atoms with Crippen molar-refractivity contribution in [2.24, 2.45) is 0 Å². The number of benzene rings is 2. The Morgan fingerprint density at radius 2 is 2.00 bits per heavy atom. The summed E-state index contributed by atoms with van der Waals surface area (Å²) in [5.41, 5.74) is 3.27. The van der Waals surface area contributed by atoms with E-state index in [0.29, 0.717) is 13.2 Å². The molecule has 0 saturated carbocycles. The van der Waals surface area contributed by atoms with Crippen LogP contribution >= 0.6 is 11.8 Å². The number of hydrogen-bond acceptors (Lipinski definition) is 4. The van der Waals surface area contributed by atoms with Gasteiger partial charge >= 0.3 is 0 Å². The van der Waals surface area contributed by atoms with Crippen LogP contribution < -0.4 is 10.6 Å². The number of methoxy groups -OCH3 is 1. The maximum Gasteiger partial charge on any atom is 0.228 e. The lowest BCUT2D eigenvalue weighted by molar-refractivity contribution is -0.122. The van der Waals surface area contributed by atoms with Crippen molar-refractivity contribution in [3.8, 4) is 0 Å². The lowest BCUT2D eigenvalue weighted by atomic mass is 10.0. The third-order valence-electron chi connectivity index (χ3n) is 4.11. The van der Waals surface area contributed by atoms with Crippen LogP contribution in [0, 0.1) is 0 Å². The second-order valence-corrected chi connectivity index (χ2v) is 6.76. The molecule has 1 atom stereocenters. The average molecular weight is 342 g/mol. The van der Waals surface area contributed by atoms with E-state index in [1.807, 2.05) is 36.4 Å². The first-order valence-corrected chi connectivity index (χ1v) is 9.08. The van der Waals surface area contributed by atoms with Gasteiger partial charge in [0, 0.05) is 36.5 Å². The molecule has 1 amide bonds. The van der Waals surface area contributed by atoms with Crippen LogP contribution in [0.5, 0.6) is 0 Å². The van der Waals surface area contributed by atoms with Crippen molar-refractivity contribution in [1.82, 2.24) is 5.32 Å². The molecule has 126 valence electrons. The number of anilines is 1. The van der Waals surface area contributed by atoms with Crippen LogP contribution in [0.25, 0.3) is 0 Å². The highest BCUT2D eigenvalue weighted by Crippen LogP contribution is 2.39.